The molecule has 1 saturated heterocycles. The maximum absolute atomic E-state index is 13.5. The van der Waals surface area contributed by atoms with Gasteiger partial charge in [-0.1, -0.05) is 52.5 Å². The predicted molar refractivity (Wildman–Crippen MR) is 127 cm³/mol. The van der Waals surface area contributed by atoms with Crippen LogP contribution in [0.25, 0.3) is 0 Å². The molecule has 1 heterocycles. The molecule has 5 atom stereocenters. The number of amides is 3. The molecular weight excluding hydrogens is 427 g/mol. The van der Waals surface area contributed by atoms with Gasteiger partial charge in [-0.3, -0.25) is 19.2 Å². The molecule has 0 aromatic rings. The summed E-state index contributed by atoms with van der Waals surface area (Å²) in [7, 11) is 2.02. The van der Waals surface area contributed by atoms with Crippen LogP contribution in [0.2, 0.25) is 0 Å². The molecule has 0 aromatic heterocycles. The van der Waals surface area contributed by atoms with Gasteiger partial charge in [0.05, 0.1) is 12.1 Å². The van der Waals surface area contributed by atoms with Gasteiger partial charge in [0.25, 0.3) is 5.91 Å². The highest BCUT2D eigenvalue weighted by Gasteiger charge is 2.46. The third kappa shape index (κ3) is 5.76. The Morgan fingerprint density at radius 3 is 2.22 bits per heavy atom. The summed E-state index contributed by atoms with van der Waals surface area (Å²) in [4.78, 5) is 53.0. The third-order valence-electron chi connectivity index (χ3n) is 6.87. The number of hydrogen-bond donors (Lipinski definition) is 3. The molecule has 8 nitrogen and oxygen atoms in total. The molecule has 2 unspecified atom stereocenters. The van der Waals surface area contributed by atoms with Crippen LogP contribution in [0.5, 0.6) is 0 Å². The first-order valence-electron chi connectivity index (χ1n) is 11.4. The second kappa shape index (κ2) is 10.4. The number of Topliss-reactive ketones (excluding diaryl/α,β-unsaturated/α-hetero) is 1. The monoisotopic (exact) mass is 466 g/mol. The summed E-state index contributed by atoms with van der Waals surface area (Å²) in [5, 5.41) is 5.08. The summed E-state index contributed by atoms with van der Waals surface area (Å²) < 4.78 is 0. The van der Waals surface area contributed by atoms with E-state index in [0.29, 0.717) is 18.9 Å². The quantitative estimate of drug-likeness (QED) is 0.300. The van der Waals surface area contributed by atoms with Crippen LogP contribution < -0.4 is 16.1 Å². The lowest BCUT2D eigenvalue weighted by atomic mass is 9.80. The van der Waals surface area contributed by atoms with Gasteiger partial charge in [-0.25, -0.2) is 0 Å². The normalized spacial score (nSPS) is 23.2. The Kier molecular flexibility index (Phi) is 8.62. The van der Waals surface area contributed by atoms with Gasteiger partial charge >= 0.3 is 0 Å². The molecule has 3 amide bonds. The highest BCUT2D eigenvalue weighted by atomic mass is 31.0. The van der Waals surface area contributed by atoms with Crippen LogP contribution >= 0.6 is 9.39 Å². The maximum Gasteiger partial charge on any atom is 0.292 e. The Hall–Kier alpha value is -1.79. The lowest BCUT2D eigenvalue weighted by Crippen LogP contribution is -2.58. The number of carbonyl (C=O) groups excluding carboxylic acids is 4. The smallest absolute Gasteiger partial charge is 0.292 e. The van der Waals surface area contributed by atoms with E-state index in [1.165, 1.54) is 0 Å². The minimum atomic E-state index is -0.912. The van der Waals surface area contributed by atoms with Crippen LogP contribution in [0.15, 0.2) is 11.1 Å². The zero-order chi connectivity index (χ0) is 24.4. The number of rotatable bonds is 7. The van der Waals surface area contributed by atoms with E-state index in [0.717, 1.165) is 30.4 Å². The molecule has 1 aliphatic heterocycles. The molecule has 0 radical (unpaired) electrons. The van der Waals surface area contributed by atoms with Crippen molar-refractivity contribution in [3.8, 4) is 0 Å². The SMILES string of the molecule is CC(C)=C1CN(C(=O)[C@@H](N)C(C)(C)C)[C@H](C(=O)NC(CC2CCC2)C(=O)C(=O)NP)[C@H]1C. The first-order chi connectivity index (χ1) is 14.8. The van der Waals surface area contributed by atoms with Crippen LogP contribution in [0.4, 0.5) is 0 Å². The second-order valence-electron chi connectivity index (χ2n) is 10.5. The van der Waals surface area contributed by atoms with E-state index in [2.05, 4.69) is 10.4 Å². The predicted octanol–water partition coefficient (Wildman–Crippen LogP) is 1.69. The number of allylic oxidation sites excluding steroid dienone is 1. The fraction of sp³-hybridized carbons (Fsp3) is 0.739. The van der Waals surface area contributed by atoms with Crippen molar-refractivity contribution in [3.05, 3.63) is 11.1 Å². The number of nitrogens with two attached hydrogens (primary N) is 1. The van der Waals surface area contributed by atoms with Crippen molar-refractivity contribution in [2.75, 3.05) is 6.54 Å². The van der Waals surface area contributed by atoms with Crippen LogP contribution in [0.3, 0.4) is 0 Å². The van der Waals surface area contributed by atoms with Crippen molar-refractivity contribution in [3.63, 3.8) is 0 Å². The topological polar surface area (TPSA) is 122 Å². The van der Waals surface area contributed by atoms with Crippen LogP contribution in [-0.4, -0.2) is 53.1 Å². The maximum atomic E-state index is 13.5. The van der Waals surface area contributed by atoms with Crippen molar-refractivity contribution in [1.82, 2.24) is 15.3 Å². The van der Waals surface area contributed by atoms with E-state index in [4.69, 9.17) is 5.73 Å². The Balaban J connectivity index is 2.32. The van der Waals surface area contributed by atoms with Crippen molar-refractivity contribution >= 4 is 32.9 Å². The van der Waals surface area contributed by atoms with E-state index < -0.39 is 41.1 Å². The third-order valence-corrected chi connectivity index (χ3v) is 7.14. The average Bonchev–Trinajstić information content (AvgIpc) is 3.03. The van der Waals surface area contributed by atoms with Gasteiger partial charge in [0, 0.05) is 12.5 Å². The fourth-order valence-corrected chi connectivity index (χ4v) is 4.55. The molecule has 32 heavy (non-hydrogen) atoms. The van der Waals surface area contributed by atoms with Crippen molar-refractivity contribution in [2.45, 2.75) is 85.4 Å². The standard InChI is InChI=1S/C23H39N4O4P/c1-12(2)15-11-27(22(31)19(24)23(4,5)6)17(13(15)3)20(29)25-16(10-14-8-7-9-14)18(28)21(30)26-32/h13-14,16-17,19H,7-11,24,32H2,1-6H3,(H,25,29)(H,26,30)/t13-,16?,17-,19+/m0/s1. The highest BCUT2D eigenvalue weighted by molar-refractivity contribution is 7.15. The van der Waals surface area contributed by atoms with Crippen LogP contribution in [0.1, 0.15) is 67.2 Å². The molecule has 1 aliphatic carbocycles. The number of likely N-dealkylation sites (tertiary alicyclic amines) is 1. The van der Waals surface area contributed by atoms with Crippen molar-refractivity contribution in [1.29, 1.82) is 0 Å². The van der Waals surface area contributed by atoms with Crippen LogP contribution in [0, 0.1) is 17.3 Å². The molecule has 2 rings (SSSR count). The summed E-state index contributed by atoms with van der Waals surface area (Å²) in [5.74, 6) is -2.04. The molecule has 0 aromatic carbocycles. The second-order valence-corrected chi connectivity index (χ2v) is 10.8. The van der Waals surface area contributed by atoms with Gasteiger partial charge in [-0.2, -0.15) is 0 Å². The largest absolute Gasteiger partial charge is 0.344 e. The summed E-state index contributed by atoms with van der Waals surface area (Å²) in [5.41, 5.74) is 7.86. The lowest BCUT2D eigenvalue weighted by Gasteiger charge is -2.34. The Morgan fingerprint density at radius 1 is 1.19 bits per heavy atom. The van der Waals surface area contributed by atoms with Gasteiger partial charge in [-0.15, -0.1) is 0 Å². The Labute approximate surface area is 193 Å². The Bertz CT molecular complexity index is 796. The van der Waals surface area contributed by atoms with Gasteiger partial charge in [0.1, 0.15) is 6.04 Å². The minimum Gasteiger partial charge on any atom is -0.344 e. The molecule has 2 aliphatic rings. The minimum absolute atomic E-state index is 0.217. The van der Waals surface area contributed by atoms with E-state index in [9.17, 15) is 19.2 Å². The molecule has 9 heteroatoms. The first-order valence-corrected chi connectivity index (χ1v) is 11.9. The van der Waals surface area contributed by atoms with Crippen molar-refractivity contribution in [2.24, 2.45) is 23.0 Å². The van der Waals surface area contributed by atoms with Gasteiger partial charge < -0.3 is 21.0 Å². The van der Waals surface area contributed by atoms with E-state index >= 15 is 0 Å². The van der Waals surface area contributed by atoms with Gasteiger partial charge in [-0.05, 0) is 46.6 Å². The summed E-state index contributed by atoms with van der Waals surface area (Å²) >= 11 is 0. The average molecular weight is 467 g/mol. The number of nitrogens with zero attached hydrogens (tertiary/aromatic N) is 1. The molecule has 1 saturated carbocycles. The van der Waals surface area contributed by atoms with E-state index in [-0.39, 0.29) is 11.8 Å². The van der Waals surface area contributed by atoms with Crippen molar-refractivity contribution < 1.29 is 19.2 Å². The van der Waals surface area contributed by atoms with Gasteiger partial charge in [0.2, 0.25) is 17.6 Å². The molecule has 4 N–H and O–H groups in total. The summed E-state index contributed by atoms with van der Waals surface area (Å²) in [6, 6.07) is -2.46. The number of nitrogens with one attached hydrogen (secondary N) is 2. The zero-order valence-electron chi connectivity index (χ0n) is 20.2. The van der Waals surface area contributed by atoms with E-state index in [1.807, 2.05) is 50.9 Å². The van der Waals surface area contributed by atoms with E-state index in [1.54, 1.807) is 4.90 Å². The first kappa shape index (κ1) is 26.5. The highest BCUT2D eigenvalue weighted by Crippen LogP contribution is 2.34. The Morgan fingerprint density at radius 2 is 1.78 bits per heavy atom. The number of hydrogen-bond acceptors (Lipinski definition) is 5. The molecule has 180 valence electrons. The number of carbonyl (C=O) groups is 4. The lowest BCUT2D eigenvalue weighted by molar-refractivity contribution is -0.144. The molecule has 2 fully saturated rings. The summed E-state index contributed by atoms with van der Waals surface area (Å²) in [6.45, 7) is 11.8. The van der Waals surface area contributed by atoms with Crippen LogP contribution in [-0.2, 0) is 19.2 Å². The zero-order valence-corrected chi connectivity index (χ0v) is 21.3. The number of ketones is 1. The van der Waals surface area contributed by atoms with Gasteiger partial charge in [0.15, 0.2) is 0 Å². The fourth-order valence-electron chi connectivity index (χ4n) is 4.41. The molecule has 0 bridgehead atoms. The summed E-state index contributed by atoms with van der Waals surface area (Å²) in [6.07, 6.45) is 3.48. The molecule has 0 spiro atoms. The molecular formula is C23H39N4O4P.